The van der Waals surface area contributed by atoms with Crippen LogP contribution in [-0.4, -0.2) is 15.9 Å². The number of hydrogen-bond acceptors (Lipinski definition) is 3. The first-order chi connectivity index (χ1) is 9.74. The first-order valence-electron chi connectivity index (χ1n) is 6.97. The van der Waals surface area contributed by atoms with Crippen LogP contribution in [0, 0.1) is 0 Å². The molecule has 120 valence electrons. The van der Waals surface area contributed by atoms with Gasteiger partial charge in [-0.05, 0) is 44.9 Å². The van der Waals surface area contributed by atoms with Crippen LogP contribution in [0.1, 0.15) is 52.1 Å². The molecule has 6 heteroatoms. The zero-order chi connectivity index (χ0) is 16.0. The Morgan fingerprint density at radius 1 is 1.33 bits per heavy atom. The van der Waals surface area contributed by atoms with Gasteiger partial charge < -0.3 is 9.29 Å². The summed E-state index contributed by atoms with van der Waals surface area (Å²) in [6.07, 6.45) is 1.65. The molecule has 1 unspecified atom stereocenters. The monoisotopic (exact) mass is 319 g/mol. The molecule has 0 aliphatic rings. The molecule has 0 spiro atoms. The molecule has 1 rings (SSSR count). The summed E-state index contributed by atoms with van der Waals surface area (Å²) in [7, 11) is 0. The standard InChI is InChI=1S/C15H23F2NO2S/c1-5-7-13(18-21(19)15(2,3)4)11-8-6-9-12(10-11)20-14(16)17/h6,8-10,13-14,18H,5,7H2,1-4H3/t13?,21-/m1/s1. The van der Waals surface area contributed by atoms with Crippen molar-refractivity contribution >= 4 is 11.4 Å². The van der Waals surface area contributed by atoms with Crippen LogP contribution in [0.4, 0.5) is 8.78 Å². The van der Waals surface area contributed by atoms with Gasteiger partial charge in [0, 0.05) is 11.4 Å². The smallest absolute Gasteiger partial charge is 0.387 e. The van der Waals surface area contributed by atoms with Gasteiger partial charge in [0.15, 0.2) is 0 Å². The molecule has 0 amide bonds. The summed E-state index contributed by atoms with van der Waals surface area (Å²) in [4.78, 5) is 0. The van der Waals surface area contributed by atoms with Crippen LogP contribution in [0.3, 0.4) is 0 Å². The molecule has 3 nitrogen and oxygen atoms in total. The Hall–Kier alpha value is -0.850. The van der Waals surface area contributed by atoms with E-state index in [2.05, 4.69) is 9.46 Å². The van der Waals surface area contributed by atoms with E-state index in [0.29, 0.717) is 0 Å². The lowest BCUT2D eigenvalue weighted by Crippen LogP contribution is -2.41. The fourth-order valence-corrected chi connectivity index (χ4v) is 2.66. The lowest BCUT2D eigenvalue weighted by atomic mass is 10.0. The van der Waals surface area contributed by atoms with Gasteiger partial charge in [-0.25, -0.2) is 0 Å². The Balaban J connectivity index is 2.89. The molecule has 0 fully saturated rings. The first-order valence-corrected chi connectivity index (χ1v) is 8.12. The second-order valence-electron chi connectivity index (χ2n) is 5.79. The second kappa shape index (κ2) is 7.96. The fraction of sp³-hybridized carbons (Fsp3) is 0.600. The van der Waals surface area contributed by atoms with E-state index >= 15 is 0 Å². The molecule has 0 radical (unpaired) electrons. The minimum absolute atomic E-state index is 0.118. The molecule has 0 bridgehead atoms. The Kier molecular flexibility index (Phi) is 6.90. The highest BCUT2D eigenvalue weighted by Crippen LogP contribution is 2.26. The topological polar surface area (TPSA) is 44.3 Å². The Labute approximate surface area is 128 Å². The molecule has 0 aliphatic heterocycles. The molecule has 0 saturated heterocycles. The number of alkyl halides is 2. The largest absolute Gasteiger partial charge is 0.598 e. The zero-order valence-electron chi connectivity index (χ0n) is 12.9. The van der Waals surface area contributed by atoms with E-state index in [-0.39, 0.29) is 16.5 Å². The summed E-state index contributed by atoms with van der Waals surface area (Å²) in [5.74, 6) is 0.118. The highest BCUT2D eigenvalue weighted by molar-refractivity contribution is 7.90. The van der Waals surface area contributed by atoms with Crippen molar-refractivity contribution in [1.29, 1.82) is 0 Å². The summed E-state index contributed by atoms with van der Waals surface area (Å²) in [6, 6.07) is 6.39. The molecule has 0 aromatic heterocycles. The molecule has 0 aliphatic carbocycles. The van der Waals surface area contributed by atoms with Crippen molar-refractivity contribution in [3.05, 3.63) is 29.8 Å². The van der Waals surface area contributed by atoms with E-state index in [1.807, 2.05) is 33.8 Å². The van der Waals surface area contributed by atoms with Gasteiger partial charge in [-0.1, -0.05) is 25.5 Å². The number of halogens is 2. The van der Waals surface area contributed by atoms with Gasteiger partial charge in [0.2, 0.25) is 0 Å². The average Bonchev–Trinajstić information content (AvgIpc) is 2.36. The number of nitrogens with one attached hydrogen (secondary N) is 1. The van der Waals surface area contributed by atoms with E-state index in [1.165, 1.54) is 6.07 Å². The normalized spacial score (nSPS) is 15.0. The maximum absolute atomic E-state index is 12.3. The molecule has 0 heterocycles. The summed E-state index contributed by atoms with van der Waals surface area (Å²) in [5, 5.41) is 0. The van der Waals surface area contributed by atoms with Gasteiger partial charge >= 0.3 is 6.61 Å². The molecule has 1 aromatic carbocycles. The maximum Gasteiger partial charge on any atom is 0.387 e. The van der Waals surface area contributed by atoms with Crippen LogP contribution >= 0.6 is 0 Å². The van der Waals surface area contributed by atoms with Crippen LogP contribution in [0.15, 0.2) is 24.3 Å². The molecule has 0 saturated carbocycles. The Morgan fingerprint density at radius 3 is 2.52 bits per heavy atom. The van der Waals surface area contributed by atoms with Gasteiger partial charge in [0.05, 0.1) is 6.04 Å². The van der Waals surface area contributed by atoms with E-state index in [0.717, 1.165) is 18.4 Å². The lowest BCUT2D eigenvalue weighted by Gasteiger charge is -2.28. The van der Waals surface area contributed by atoms with Crippen molar-refractivity contribution in [3.8, 4) is 5.75 Å². The molecular weight excluding hydrogens is 296 g/mol. The molecule has 1 N–H and O–H groups in total. The summed E-state index contributed by atoms with van der Waals surface area (Å²) in [5.41, 5.74) is 0.799. The van der Waals surface area contributed by atoms with Crippen LogP contribution in [-0.2, 0) is 11.4 Å². The molecule has 2 atom stereocenters. The third-order valence-corrected chi connectivity index (χ3v) is 4.48. The minimum Gasteiger partial charge on any atom is -0.598 e. The van der Waals surface area contributed by atoms with Crippen molar-refractivity contribution in [2.75, 3.05) is 0 Å². The quantitative estimate of drug-likeness (QED) is 0.767. The van der Waals surface area contributed by atoms with Crippen LogP contribution in [0.2, 0.25) is 0 Å². The minimum atomic E-state index is -2.85. The van der Waals surface area contributed by atoms with Gasteiger partial charge in [-0.3, -0.25) is 0 Å². The fourth-order valence-electron chi connectivity index (χ4n) is 1.80. The highest BCUT2D eigenvalue weighted by Gasteiger charge is 2.29. The van der Waals surface area contributed by atoms with Crippen molar-refractivity contribution in [2.45, 2.75) is 57.9 Å². The zero-order valence-corrected chi connectivity index (χ0v) is 13.7. The summed E-state index contributed by atoms with van der Waals surface area (Å²) < 4.78 is 43.9. The van der Waals surface area contributed by atoms with Crippen LogP contribution in [0.5, 0.6) is 5.75 Å². The second-order valence-corrected chi connectivity index (χ2v) is 7.79. The molecule has 1 aromatic rings. The third kappa shape index (κ3) is 6.20. The summed E-state index contributed by atoms with van der Waals surface area (Å²) >= 11 is -1.23. The maximum atomic E-state index is 12.3. The van der Waals surface area contributed by atoms with Crippen molar-refractivity contribution < 1.29 is 18.1 Å². The lowest BCUT2D eigenvalue weighted by molar-refractivity contribution is -0.0499. The van der Waals surface area contributed by atoms with Crippen molar-refractivity contribution in [3.63, 3.8) is 0 Å². The predicted octanol–water partition coefficient (Wildman–Crippen LogP) is 4.18. The number of benzene rings is 1. The van der Waals surface area contributed by atoms with Gasteiger partial charge in [-0.2, -0.15) is 8.78 Å². The van der Waals surface area contributed by atoms with E-state index in [4.69, 9.17) is 0 Å². The van der Waals surface area contributed by atoms with E-state index in [9.17, 15) is 13.3 Å². The van der Waals surface area contributed by atoms with Gasteiger partial charge in [0.1, 0.15) is 10.5 Å². The number of ether oxygens (including phenoxy) is 1. The average molecular weight is 319 g/mol. The van der Waals surface area contributed by atoms with Gasteiger partial charge in [0.25, 0.3) is 0 Å². The third-order valence-electron chi connectivity index (χ3n) is 2.87. The van der Waals surface area contributed by atoms with E-state index < -0.39 is 18.0 Å². The van der Waals surface area contributed by atoms with Crippen molar-refractivity contribution in [1.82, 2.24) is 4.72 Å². The van der Waals surface area contributed by atoms with E-state index in [1.54, 1.807) is 12.1 Å². The first kappa shape index (κ1) is 18.2. The molecular formula is C15H23F2NO2S. The highest BCUT2D eigenvalue weighted by atomic mass is 32.2. The summed E-state index contributed by atoms with van der Waals surface area (Å²) in [6.45, 7) is 4.83. The SMILES string of the molecule is CCCC(N[S@+]([O-])C(C)(C)C)c1cccc(OC(F)F)c1. The van der Waals surface area contributed by atoms with Crippen LogP contribution in [0.25, 0.3) is 0 Å². The Bertz CT molecular complexity index is 438. The molecule has 21 heavy (non-hydrogen) atoms. The van der Waals surface area contributed by atoms with Crippen LogP contribution < -0.4 is 9.46 Å². The predicted molar refractivity (Wildman–Crippen MR) is 81.8 cm³/mol. The Morgan fingerprint density at radius 2 is 2.00 bits per heavy atom. The van der Waals surface area contributed by atoms with Gasteiger partial charge in [-0.15, -0.1) is 4.72 Å². The number of hydrogen-bond donors (Lipinski definition) is 1. The van der Waals surface area contributed by atoms with Crippen molar-refractivity contribution in [2.24, 2.45) is 0 Å². The number of rotatable bonds is 7.